The molecule has 1 aromatic rings. The third-order valence-electron chi connectivity index (χ3n) is 5.24. The number of pyridine rings is 1. The van der Waals surface area contributed by atoms with Crippen molar-refractivity contribution in [1.82, 2.24) is 15.2 Å². The zero-order valence-electron chi connectivity index (χ0n) is 15.3. The van der Waals surface area contributed by atoms with E-state index in [-0.39, 0.29) is 12.0 Å². The summed E-state index contributed by atoms with van der Waals surface area (Å²) in [6.45, 7) is 3.67. The molecule has 25 heavy (non-hydrogen) atoms. The Hall–Kier alpha value is -1.88. The van der Waals surface area contributed by atoms with Crippen LogP contribution in [0.2, 0.25) is 0 Å². The van der Waals surface area contributed by atoms with Crippen LogP contribution < -0.4 is 10.1 Å². The maximum atomic E-state index is 12.3. The van der Waals surface area contributed by atoms with Crippen molar-refractivity contribution in [2.45, 2.75) is 51.2 Å². The van der Waals surface area contributed by atoms with Crippen molar-refractivity contribution in [1.29, 1.82) is 0 Å². The molecule has 1 N–H and O–H groups in total. The van der Waals surface area contributed by atoms with Gasteiger partial charge in [-0.1, -0.05) is 18.6 Å². The highest BCUT2D eigenvalue weighted by Crippen LogP contribution is 2.30. The van der Waals surface area contributed by atoms with Gasteiger partial charge in [-0.15, -0.1) is 0 Å². The molecule has 1 aliphatic heterocycles. The van der Waals surface area contributed by atoms with E-state index in [9.17, 15) is 4.79 Å². The fraction of sp³-hybridized carbons (Fsp3) is 0.600. The van der Waals surface area contributed by atoms with Gasteiger partial charge in [-0.2, -0.15) is 0 Å². The van der Waals surface area contributed by atoms with Gasteiger partial charge < -0.3 is 15.0 Å². The minimum atomic E-state index is 0.0781. The number of nitrogens with one attached hydrogen (secondary N) is 1. The first-order valence-corrected chi connectivity index (χ1v) is 9.40. The fourth-order valence-electron chi connectivity index (χ4n) is 3.25. The van der Waals surface area contributed by atoms with E-state index >= 15 is 0 Å². The summed E-state index contributed by atoms with van der Waals surface area (Å²) in [6, 6.07) is 2.48. The average molecular weight is 343 g/mol. The Morgan fingerprint density at radius 1 is 1.44 bits per heavy atom. The summed E-state index contributed by atoms with van der Waals surface area (Å²) >= 11 is 0. The molecule has 3 rings (SSSR count). The summed E-state index contributed by atoms with van der Waals surface area (Å²) < 4.78 is 6.07. The molecule has 0 aromatic carbocycles. The Labute approximate surface area is 150 Å². The van der Waals surface area contributed by atoms with Crippen LogP contribution in [-0.2, 0) is 4.79 Å². The summed E-state index contributed by atoms with van der Waals surface area (Å²) in [4.78, 5) is 18.6. The maximum Gasteiger partial charge on any atom is 0.225 e. The second-order valence-corrected chi connectivity index (χ2v) is 7.22. The highest BCUT2D eigenvalue weighted by Gasteiger charge is 2.34. The van der Waals surface area contributed by atoms with Gasteiger partial charge >= 0.3 is 0 Å². The Balaban J connectivity index is 1.51. The Morgan fingerprint density at radius 3 is 3.00 bits per heavy atom. The smallest absolute Gasteiger partial charge is 0.225 e. The summed E-state index contributed by atoms with van der Waals surface area (Å²) in [5.74, 6) is 1.38. The third kappa shape index (κ3) is 4.82. The van der Waals surface area contributed by atoms with Gasteiger partial charge in [-0.3, -0.25) is 9.78 Å². The number of ether oxygens (including phenoxy) is 1. The summed E-state index contributed by atoms with van der Waals surface area (Å²) in [6.07, 6.45) is 13.1. The number of rotatable bonds is 7. The molecule has 5 nitrogen and oxygen atoms in total. The third-order valence-corrected chi connectivity index (χ3v) is 5.24. The van der Waals surface area contributed by atoms with Crippen LogP contribution in [0.15, 0.2) is 24.5 Å². The van der Waals surface area contributed by atoms with Gasteiger partial charge in [0.25, 0.3) is 0 Å². The summed E-state index contributed by atoms with van der Waals surface area (Å²) in [5.41, 5.74) is 1.04. The predicted molar refractivity (Wildman–Crippen MR) is 99.4 cm³/mol. The zero-order chi connectivity index (χ0) is 17.6. The number of likely N-dealkylation sites (tertiary alicyclic amines) is 1. The number of carbonyl (C=O) groups excluding carboxylic acids is 1. The van der Waals surface area contributed by atoms with E-state index in [4.69, 9.17) is 4.74 Å². The minimum absolute atomic E-state index is 0.0781. The molecule has 0 radical (unpaired) electrons. The van der Waals surface area contributed by atoms with Gasteiger partial charge in [-0.05, 0) is 44.9 Å². The van der Waals surface area contributed by atoms with Gasteiger partial charge in [0.05, 0.1) is 12.7 Å². The highest BCUT2D eigenvalue weighted by atomic mass is 16.5. The van der Waals surface area contributed by atoms with Gasteiger partial charge in [0.2, 0.25) is 5.91 Å². The molecule has 1 aromatic heterocycles. The molecule has 0 spiro atoms. The van der Waals surface area contributed by atoms with Crippen LogP contribution in [0.1, 0.15) is 44.6 Å². The molecule has 1 aliphatic carbocycles. The van der Waals surface area contributed by atoms with E-state index in [0.717, 1.165) is 43.5 Å². The Bertz CT molecular complexity index is 613. The molecule has 2 atom stereocenters. The topological polar surface area (TPSA) is 54.5 Å². The van der Waals surface area contributed by atoms with Crippen molar-refractivity contribution >= 4 is 12.0 Å². The molecule has 2 heterocycles. The van der Waals surface area contributed by atoms with Crippen LogP contribution >= 0.6 is 0 Å². The van der Waals surface area contributed by atoms with Gasteiger partial charge in [-0.25, -0.2) is 0 Å². The monoisotopic (exact) mass is 343 g/mol. The largest absolute Gasteiger partial charge is 0.487 e. The van der Waals surface area contributed by atoms with E-state index in [1.54, 1.807) is 6.20 Å². The Kier molecular flexibility index (Phi) is 6.08. The first-order chi connectivity index (χ1) is 12.2. The first-order valence-electron chi connectivity index (χ1n) is 9.40. The van der Waals surface area contributed by atoms with Crippen molar-refractivity contribution in [2.24, 2.45) is 5.92 Å². The number of carbonyl (C=O) groups is 1. The van der Waals surface area contributed by atoms with Crippen molar-refractivity contribution in [2.75, 3.05) is 20.1 Å². The number of hydrogen-bond donors (Lipinski definition) is 1. The van der Waals surface area contributed by atoms with Gasteiger partial charge in [0.15, 0.2) is 0 Å². The molecule has 0 bridgehead atoms. The van der Waals surface area contributed by atoms with E-state index in [2.05, 4.69) is 29.4 Å². The SMILES string of the molecule is CN[C@@H](C)C/C=C/c1cncc(O[C@H]2CCN(C(=O)C3CCC3)C2)c1. The second kappa shape index (κ2) is 8.48. The fourth-order valence-corrected chi connectivity index (χ4v) is 3.25. The van der Waals surface area contributed by atoms with Gasteiger partial charge in [0.1, 0.15) is 11.9 Å². The molecule has 2 fully saturated rings. The molecule has 5 heteroatoms. The van der Waals surface area contributed by atoms with E-state index < -0.39 is 0 Å². The van der Waals surface area contributed by atoms with E-state index in [1.165, 1.54) is 6.42 Å². The molecule has 0 unspecified atom stereocenters. The lowest BCUT2D eigenvalue weighted by Crippen LogP contribution is -2.38. The minimum Gasteiger partial charge on any atom is -0.487 e. The number of nitrogens with zero attached hydrogens (tertiary/aromatic N) is 2. The normalized spacial score (nSPS) is 22.2. The standard InChI is InChI=1S/C20H29N3O2/c1-15(21-2)5-3-6-16-11-19(13-22-12-16)25-18-9-10-23(14-18)20(24)17-7-4-8-17/h3,6,11-13,15,17-18,21H,4-5,7-10,14H2,1-2H3/b6-3+/t15-,18-/m0/s1. The zero-order valence-corrected chi connectivity index (χ0v) is 15.3. The van der Waals surface area contributed by atoms with E-state index in [0.29, 0.717) is 18.5 Å². The quantitative estimate of drug-likeness (QED) is 0.827. The lowest BCUT2D eigenvalue weighted by atomic mass is 9.84. The van der Waals surface area contributed by atoms with E-state index in [1.807, 2.05) is 24.2 Å². The van der Waals surface area contributed by atoms with Crippen LogP contribution in [0.5, 0.6) is 5.75 Å². The summed E-state index contributed by atoms with van der Waals surface area (Å²) in [5, 5.41) is 3.22. The molecular weight excluding hydrogens is 314 g/mol. The van der Waals surface area contributed by atoms with Crippen LogP contribution in [-0.4, -0.2) is 48.1 Å². The molecule has 1 saturated heterocycles. The molecule has 136 valence electrons. The molecular formula is C20H29N3O2. The van der Waals surface area contributed by atoms with Crippen LogP contribution in [0, 0.1) is 5.92 Å². The van der Waals surface area contributed by atoms with Gasteiger partial charge in [0, 0.05) is 31.1 Å². The molecule has 2 aliphatic rings. The highest BCUT2D eigenvalue weighted by molar-refractivity contribution is 5.79. The first kappa shape index (κ1) is 17.9. The molecule has 1 amide bonds. The Morgan fingerprint density at radius 2 is 2.28 bits per heavy atom. The summed E-state index contributed by atoms with van der Waals surface area (Å²) in [7, 11) is 1.97. The number of hydrogen-bond acceptors (Lipinski definition) is 4. The van der Waals surface area contributed by atoms with Crippen molar-refractivity contribution in [3.05, 3.63) is 30.1 Å². The van der Waals surface area contributed by atoms with Crippen molar-refractivity contribution in [3.63, 3.8) is 0 Å². The average Bonchev–Trinajstić information content (AvgIpc) is 3.02. The maximum absolute atomic E-state index is 12.3. The second-order valence-electron chi connectivity index (χ2n) is 7.22. The van der Waals surface area contributed by atoms with Crippen molar-refractivity contribution in [3.8, 4) is 5.75 Å². The lowest BCUT2D eigenvalue weighted by molar-refractivity contribution is -0.137. The lowest BCUT2D eigenvalue weighted by Gasteiger charge is -2.29. The number of amides is 1. The predicted octanol–water partition coefficient (Wildman–Crippen LogP) is 2.87. The van der Waals surface area contributed by atoms with Crippen LogP contribution in [0.25, 0.3) is 6.08 Å². The van der Waals surface area contributed by atoms with Crippen LogP contribution in [0.3, 0.4) is 0 Å². The number of aromatic nitrogens is 1. The molecule has 1 saturated carbocycles. The van der Waals surface area contributed by atoms with Crippen molar-refractivity contribution < 1.29 is 9.53 Å². The van der Waals surface area contributed by atoms with Crippen LogP contribution in [0.4, 0.5) is 0 Å².